The van der Waals surface area contributed by atoms with Gasteiger partial charge in [0.2, 0.25) is 0 Å². The van der Waals surface area contributed by atoms with Gasteiger partial charge in [0.15, 0.2) is 5.82 Å². The highest BCUT2D eigenvalue weighted by molar-refractivity contribution is 5.94. The van der Waals surface area contributed by atoms with Gasteiger partial charge >= 0.3 is 5.97 Å². The van der Waals surface area contributed by atoms with E-state index >= 15 is 0 Å². The van der Waals surface area contributed by atoms with E-state index in [2.05, 4.69) is 9.97 Å². The molecule has 0 fully saturated rings. The van der Waals surface area contributed by atoms with Crippen LogP contribution in [0, 0.1) is 12.7 Å². The van der Waals surface area contributed by atoms with Crippen molar-refractivity contribution in [1.29, 1.82) is 0 Å². The van der Waals surface area contributed by atoms with Crippen LogP contribution in [0.15, 0.2) is 18.2 Å². The van der Waals surface area contributed by atoms with Crippen molar-refractivity contribution in [1.82, 2.24) is 9.97 Å². The monoisotopic (exact) mass is 317 g/mol. The number of hydrogen-bond donors (Lipinski definition) is 2. The van der Waals surface area contributed by atoms with Gasteiger partial charge in [-0.2, -0.15) is 0 Å². The number of carboxylic acids is 1. The van der Waals surface area contributed by atoms with E-state index in [1.807, 2.05) is 26.8 Å². The van der Waals surface area contributed by atoms with Gasteiger partial charge in [0, 0.05) is 0 Å². The predicted octanol–water partition coefficient (Wildman–Crippen LogP) is 3.56. The Bertz CT molecular complexity index is 749. The quantitative estimate of drug-likeness (QED) is 0.900. The van der Waals surface area contributed by atoms with Gasteiger partial charge in [0.05, 0.1) is 11.3 Å². The Morgan fingerprint density at radius 3 is 2.48 bits per heavy atom. The number of rotatable bonds is 4. The minimum Gasteiger partial charge on any atom is -0.477 e. The van der Waals surface area contributed by atoms with Crippen LogP contribution in [0.4, 0.5) is 10.2 Å². The maximum absolute atomic E-state index is 14.5. The lowest BCUT2D eigenvalue weighted by Crippen LogP contribution is -2.16. The summed E-state index contributed by atoms with van der Waals surface area (Å²) >= 11 is 0. The zero-order valence-corrected chi connectivity index (χ0v) is 13.6. The molecule has 0 unspecified atom stereocenters. The van der Waals surface area contributed by atoms with Crippen molar-refractivity contribution in [3.05, 3.63) is 40.8 Å². The number of aromatic carboxylic acids is 1. The average Bonchev–Trinajstić information content (AvgIpc) is 2.45. The van der Waals surface area contributed by atoms with Crippen molar-refractivity contribution in [2.75, 3.05) is 5.73 Å². The fourth-order valence-electron chi connectivity index (χ4n) is 2.30. The van der Waals surface area contributed by atoms with Crippen LogP contribution >= 0.6 is 0 Å². The fourth-order valence-corrected chi connectivity index (χ4v) is 2.30. The Morgan fingerprint density at radius 1 is 1.35 bits per heavy atom. The highest BCUT2D eigenvalue weighted by Gasteiger charge is 2.22. The van der Waals surface area contributed by atoms with Gasteiger partial charge in [-0.1, -0.05) is 26.8 Å². The Balaban J connectivity index is 2.54. The number of nitrogens with zero attached hydrogens (tertiary/aromatic N) is 2. The molecular formula is C17H20FN3O2. The third-order valence-corrected chi connectivity index (χ3v) is 4.21. The van der Waals surface area contributed by atoms with Crippen LogP contribution in [0.25, 0.3) is 11.4 Å². The van der Waals surface area contributed by atoms with E-state index in [0.29, 0.717) is 0 Å². The van der Waals surface area contributed by atoms with Crippen molar-refractivity contribution in [3.8, 4) is 11.4 Å². The lowest BCUT2D eigenvalue weighted by molar-refractivity contribution is 0.0696. The molecule has 1 heterocycles. The summed E-state index contributed by atoms with van der Waals surface area (Å²) in [7, 11) is 0. The summed E-state index contributed by atoms with van der Waals surface area (Å²) in [5.41, 5.74) is 6.68. The largest absolute Gasteiger partial charge is 0.477 e. The van der Waals surface area contributed by atoms with Crippen LogP contribution in [0.1, 0.15) is 48.8 Å². The molecule has 122 valence electrons. The first kappa shape index (κ1) is 16.9. The molecule has 1 aromatic carbocycles. The Kier molecular flexibility index (Phi) is 4.36. The second-order valence-corrected chi connectivity index (χ2v) is 6.13. The van der Waals surface area contributed by atoms with Gasteiger partial charge in [0.1, 0.15) is 17.2 Å². The number of aromatic nitrogens is 2. The standard InChI is InChI=1S/C17H20FN3O2/c1-5-17(3,4)10-6-7-11(12(18)8-10)15-20-9(2)13(16(22)23)14(19)21-15/h6-8H,5H2,1-4H3,(H,22,23)(H2,19,20,21). The van der Waals surface area contributed by atoms with Gasteiger partial charge in [-0.3, -0.25) is 0 Å². The molecule has 0 aliphatic carbocycles. The van der Waals surface area contributed by atoms with E-state index in [4.69, 9.17) is 10.8 Å². The molecule has 0 radical (unpaired) electrons. The van der Waals surface area contributed by atoms with Crippen molar-refractivity contribution in [3.63, 3.8) is 0 Å². The van der Waals surface area contributed by atoms with Crippen LogP contribution < -0.4 is 5.73 Å². The van der Waals surface area contributed by atoms with E-state index in [9.17, 15) is 9.18 Å². The summed E-state index contributed by atoms with van der Waals surface area (Å²) in [4.78, 5) is 19.1. The maximum Gasteiger partial charge on any atom is 0.341 e. The highest BCUT2D eigenvalue weighted by Crippen LogP contribution is 2.30. The normalized spacial score (nSPS) is 11.5. The van der Waals surface area contributed by atoms with Crippen LogP contribution in [0.2, 0.25) is 0 Å². The maximum atomic E-state index is 14.5. The third-order valence-electron chi connectivity index (χ3n) is 4.21. The summed E-state index contributed by atoms with van der Waals surface area (Å²) in [5.74, 6) is -1.74. The molecule has 6 heteroatoms. The Morgan fingerprint density at radius 2 is 2.00 bits per heavy atom. The number of nitrogen functional groups attached to an aromatic ring is 1. The highest BCUT2D eigenvalue weighted by atomic mass is 19.1. The molecule has 0 atom stereocenters. The topological polar surface area (TPSA) is 89.1 Å². The third kappa shape index (κ3) is 3.16. The molecule has 3 N–H and O–H groups in total. The van der Waals surface area contributed by atoms with Gasteiger partial charge < -0.3 is 10.8 Å². The number of aryl methyl sites for hydroxylation is 1. The second kappa shape index (κ2) is 5.95. The number of nitrogens with two attached hydrogens (primary N) is 1. The molecule has 0 amide bonds. The molecule has 0 saturated carbocycles. The van der Waals surface area contributed by atoms with Crippen LogP contribution in [0.3, 0.4) is 0 Å². The van der Waals surface area contributed by atoms with Crippen molar-refractivity contribution in [2.24, 2.45) is 0 Å². The summed E-state index contributed by atoms with van der Waals surface area (Å²) in [6.07, 6.45) is 0.877. The van der Waals surface area contributed by atoms with Crippen molar-refractivity contribution in [2.45, 2.75) is 39.5 Å². The second-order valence-electron chi connectivity index (χ2n) is 6.13. The summed E-state index contributed by atoms with van der Waals surface area (Å²) in [5, 5.41) is 9.08. The van der Waals surface area contributed by atoms with E-state index in [0.717, 1.165) is 12.0 Å². The number of hydrogen-bond acceptors (Lipinski definition) is 4. The smallest absolute Gasteiger partial charge is 0.341 e. The molecule has 0 bridgehead atoms. The number of halogens is 1. The van der Waals surface area contributed by atoms with Crippen molar-refractivity contribution >= 4 is 11.8 Å². The first-order valence-corrected chi connectivity index (χ1v) is 7.35. The van der Waals surface area contributed by atoms with Crippen LogP contribution in [-0.2, 0) is 5.41 Å². The molecule has 0 aliphatic heterocycles. The molecule has 0 spiro atoms. The average molecular weight is 317 g/mol. The predicted molar refractivity (Wildman–Crippen MR) is 86.9 cm³/mol. The first-order chi connectivity index (χ1) is 10.7. The lowest BCUT2D eigenvalue weighted by atomic mass is 9.82. The lowest BCUT2D eigenvalue weighted by Gasteiger charge is -2.23. The zero-order valence-electron chi connectivity index (χ0n) is 13.6. The molecule has 23 heavy (non-hydrogen) atoms. The summed E-state index contributed by atoms with van der Waals surface area (Å²) in [6.45, 7) is 7.64. The number of carboxylic acid groups (broad SMARTS) is 1. The van der Waals surface area contributed by atoms with Gasteiger partial charge in [0.25, 0.3) is 0 Å². The molecule has 5 nitrogen and oxygen atoms in total. The Labute approximate surface area is 134 Å². The number of carbonyl (C=O) groups is 1. The molecule has 2 rings (SSSR count). The van der Waals surface area contributed by atoms with E-state index in [1.54, 1.807) is 6.07 Å². The molecule has 0 saturated heterocycles. The minimum atomic E-state index is -1.20. The Hall–Kier alpha value is -2.50. The van der Waals surface area contributed by atoms with E-state index in [-0.39, 0.29) is 33.9 Å². The fraction of sp³-hybridized carbons (Fsp3) is 0.353. The minimum absolute atomic E-state index is 0.0864. The number of anilines is 1. The molecule has 1 aromatic heterocycles. The van der Waals surface area contributed by atoms with Gasteiger partial charge in [-0.15, -0.1) is 0 Å². The van der Waals surface area contributed by atoms with Crippen LogP contribution in [-0.4, -0.2) is 21.0 Å². The van der Waals surface area contributed by atoms with E-state index < -0.39 is 11.8 Å². The summed E-state index contributed by atoms with van der Waals surface area (Å²) < 4.78 is 14.5. The van der Waals surface area contributed by atoms with E-state index in [1.165, 1.54) is 13.0 Å². The first-order valence-electron chi connectivity index (χ1n) is 7.35. The molecule has 2 aromatic rings. The van der Waals surface area contributed by atoms with Crippen LogP contribution in [0.5, 0.6) is 0 Å². The molecular weight excluding hydrogens is 297 g/mol. The SMILES string of the molecule is CCC(C)(C)c1ccc(-c2nc(C)c(C(=O)O)c(N)n2)c(F)c1. The van der Waals surface area contributed by atoms with Gasteiger partial charge in [-0.25, -0.2) is 19.2 Å². The zero-order chi connectivity index (χ0) is 17.4. The molecule has 0 aliphatic rings. The van der Waals surface area contributed by atoms with Gasteiger partial charge in [-0.05, 0) is 36.5 Å². The summed E-state index contributed by atoms with van der Waals surface area (Å²) in [6, 6.07) is 4.91. The van der Waals surface area contributed by atoms with Crippen molar-refractivity contribution < 1.29 is 14.3 Å². The number of benzene rings is 1.